The van der Waals surface area contributed by atoms with Crippen LogP contribution in [-0.2, 0) is 14.8 Å². The van der Waals surface area contributed by atoms with Gasteiger partial charge in [-0.3, -0.25) is 9.59 Å². The van der Waals surface area contributed by atoms with Crippen LogP contribution < -0.4 is 5.32 Å². The van der Waals surface area contributed by atoms with Gasteiger partial charge in [0.1, 0.15) is 0 Å². The maximum absolute atomic E-state index is 12.5. The fourth-order valence-electron chi connectivity index (χ4n) is 2.26. The van der Waals surface area contributed by atoms with E-state index in [0.717, 1.165) is 8.78 Å². The largest absolute Gasteiger partial charge is 0.345 e. The number of sulfonamides is 1. The Balaban J connectivity index is 2.08. The molecule has 0 radical (unpaired) electrons. The van der Waals surface area contributed by atoms with Crippen molar-refractivity contribution in [3.63, 3.8) is 0 Å². The highest BCUT2D eigenvalue weighted by Gasteiger charge is 2.23. The molecule has 2 aromatic carbocycles. The quantitative estimate of drug-likeness (QED) is 0.727. The molecule has 1 N–H and O–H groups in total. The van der Waals surface area contributed by atoms with E-state index >= 15 is 0 Å². The lowest BCUT2D eigenvalue weighted by Crippen LogP contribution is -2.35. The van der Waals surface area contributed by atoms with Gasteiger partial charge in [-0.15, -0.1) is 0 Å². The van der Waals surface area contributed by atoms with Gasteiger partial charge in [-0.05, 0) is 42.5 Å². The summed E-state index contributed by atoms with van der Waals surface area (Å²) >= 11 is 3.25. The molecule has 27 heavy (non-hydrogen) atoms. The second kappa shape index (κ2) is 8.64. The Hall–Kier alpha value is -2.23. The minimum absolute atomic E-state index is 0.0968. The summed E-state index contributed by atoms with van der Waals surface area (Å²) in [6, 6.07) is 12.6. The number of nitrogens with zero attached hydrogens (tertiary/aromatic N) is 2. The highest BCUT2D eigenvalue weighted by atomic mass is 79.9. The molecule has 0 saturated carbocycles. The molecule has 7 nitrogen and oxygen atoms in total. The smallest absolute Gasteiger partial charge is 0.253 e. The zero-order chi connectivity index (χ0) is 20.2. The minimum atomic E-state index is -3.79. The topological polar surface area (TPSA) is 86.8 Å². The van der Waals surface area contributed by atoms with Crippen LogP contribution in [0.25, 0.3) is 0 Å². The van der Waals surface area contributed by atoms with Crippen molar-refractivity contribution in [1.82, 2.24) is 9.21 Å². The van der Waals surface area contributed by atoms with E-state index in [1.807, 2.05) is 0 Å². The lowest BCUT2D eigenvalue weighted by Gasteiger charge is -2.17. The van der Waals surface area contributed by atoms with Crippen molar-refractivity contribution in [2.75, 3.05) is 33.0 Å². The first-order chi connectivity index (χ1) is 12.6. The molecular formula is C18H20BrN3O4S. The molecule has 0 saturated heterocycles. The Morgan fingerprint density at radius 3 is 2.26 bits per heavy atom. The summed E-state index contributed by atoms with van der Waals surface area (Å²) in [5.74, 6) is -0.700. The van der Waals surface area contributed by atoms with Crippen LogP contribution in [0.3, 0.4) is 0 Å². The third-order valence-corrected chi connectivity index (χ3v) is 6.03. The molecule has 0 aliphatic carbocycles. The van der Waals surface area contributed by atoms with Crippen LogP contribution in [0.4, 0.5) is 5.69 Å². The molecule has 0 fully saturated rings. The van der Waals surface area contributed by atoms with Crippen LogP contribution in [0.2, 0.25) is 0 Å². The Morgan fingerprint density at radius 1 is 1.04 bits per heavy atom. The molecule has 0 atom stereocenters. The fraction of sp³-hybridized carbons (Fsp3) is 0.222. The van der Waals surface area contributed by atoms with Crippen LogP contribution in [0.5, 0.6) is 0 Å². The molecule has 0 unspecified atom stereocenters. The number of hydrogen-bond donors (Lipinski definition) is 1. The summed E-state index contributed by atoms with van der Waals surface area (Å²) < 4.78 is 26.8. The average molecular weight is 454 g/mol. The van der Waals surface area contributed by atoms with Crippen LogP contribution >= 0.6 is 15.9 Å². The second-order valence-corrected chi connectivity index (χ2v) is 9.00. The molecule has 2 rings (SSSR count). The van der Waals surface area contributed by atoms with Crippen LogP contribution in [0, 0.1) is 0 Å². The summed E-state index contributed by atoms with van der Waals surface area (Å²) in [7, 11) is 0.820. The predicted molar refractivity (Wildman–Crippen MR) is 107 cm³/mol. The third-order valence-electron chi connectivity index (χ3n) is 3.69. The monoisotopic (exact) mass is 453 g/mol. The number of halogens is 1. The Morgan fingerprint density at radius 2 is 1.67 bits per heavy atom. The molecular weight excluding hydrogens is 434 g/mol. The van der Waals surface area contributed by atoms with Crippen molar-refractivity contribution < 1.29 is 18.0 Å². The summed E-state index contributed by atoms with van der Waals surface area (Å²) in [4.78, 5) is 25.8. The maximum Gasteiger partial charge on any atom is 0.253 e. The number of rotatable bonds is 6. The van der Waals surface area contributed by atoms with E-state index in [-0.39, 0.29) is 17.3 Å². The maximum atomic E-state index is 12.5. The van der Waals surface area contributed by atoms with E-state index in [4.69, 9.17) is 0 Å². The van der Waals surface area contributed by atoms with Gasteiger partial charge in [0.2, 0.25) is 15.9 Å². The van der Waals surface area contributed by atoms with Gasteiger partial charge in [-0.25, -0.2) is 8.42 Å². The molecule has 0 aromatic heterocycles. The Labute approximate surface area is 167 Å². The van der Waals surface area contributed by atoms with Crippen LogP contribution in [0.1, 0.15) is 10.4 Å². The molecule has 144 valence electrons. The van der Waals surface area contributed by atoms with Gasteiger partial charge < -0.3 is 10.2 Å². The number of carbonyl (C=O) groups excluding carboxylic acids is 2. The van der Waals surface area contributed by atoms with Gasteiger partial charge in [-0.1, -0.05) is 22.0 Å². The predicted octanol–water partition coefficient (Wildman–Crippen LogP) is 2.41. The normalized spacial score (nSPS) is 11.3. The van der Waals surface area contributed by atoms with Gasteiger partial charge in [0.05, 0.1) is 11.4 Å². The van der Waals surface area contributed by atoms with Gasteiger partial charge in [-0.2, -0.15) is 4.31 Å². The van der Waals surface area contributed by atoms with E-state index in [0.29, 0.717) is 11.3 Å². The molecule has 0 spiro atoms. The minimum Gasteiger partial charge on any atom is -0.345 e. The van der Waals surface area contributed by atoms with E-state index in [9.17, 15) is 18.0 Å². The highest BCUT2D eigenvalue weighted by molar-refractivity contribution is 9.10. The van der Waals surface area contributed by atoms with Crippen LogP contribution in [-0.4, -0.2) is 57.1 Å². The average Bonchev–Trinajstić information content (AvgIpc) is 2.61. The molecule has 2 aromatic rings. The SMILES string of the molecule is CN(C)C(=O)c1cccc(NC(=O)CN(C)S(=O)(=O)c2ccc(Br)cc2)c1. The number of likely N-dealkylation sites (N-methyl/N-ethyl adjacent to an activating group) is 1. The lowest BCUT2D eigenvalue weighted by molar-refractivity contribution is -0.116. The Bertz CT molecular complexity index is 943. The molecule has 2 amide bonds. The van der Waals surface area contributed by atoms with Gasteiger partial charge in [0.15, 0.2) is 0 Å². The van der Waals surface area contributed by atoms with Crippen molar-refractivity contribution in [2.24, 2.45) is 0 Å². The summed E-state index contributed by atoms with van der Waals surface area (Å²) in [5, 5.41) is 2.62. The molecule has 0 aliphatic heterocycles. The summed E-state index contributed by atoms with van der Waals surface area (Å²) in [6.07, 6.45) is 0. The summed E-state index contributed by atoms with van der Waals surface area (Å²) in [6.45, 7) is -0.357. The highest BCUT2D eigenvalue weighted by Crippen LogP contribution is 2.18. The van der Waals surface area contributed by atoms with Crippen molar-refractivity contribution in [2.45, 2.75) is 4.90 Å². The second-order valence-electron chi connectivity index (χ2n) is 6.04. The Kier molecular flexibility index (Phi) is 6.74. The van der Waals surface area contributed by atoms with Crippen molar-refractivity contribution >= 4 is 43.5 Å². The third kappa shape index (κ3) is 5.38. The summed E-state index contributed by atoms with van der Waals surface area (Å²) in [5.41, 5.74) is 0.843. The number of nitrogens with one attached hydrogen (secondary N) is 1. The molecule has 0 heterocycles. The van der Waals surface area contributed by atoms with E-state index in [1.165, 1.54) is 24.1 Å². The number of anilines is 1. The van der Waals surface area contributed by atoms with Gasteiger partial charge >= 0.3 is 0 Å². The van der Waals surface area contributed by atoms with Crippen molar-refractivity contribution in [3.8, 4) is 0 Å². The van der Waals surface area contributed by atoms with E-state index in [2.05, 4.69) is 21.2 Å². The fourth-order valence-corrected chi connectivity index (χ4v) is 3.65. The van der Waals surface area contributed by atoms with E-state index < -0.39 is 15.9 Å². The molecule has 0 bridgehead atoms. The number of carbonyl (C=O) groups is 2. The number of amides is 2. The number of hydrogen-bond acceptors (Lipinski definition) is 4. The van der Waals surface area contributed by atoms with Gasteiger partial charge in [0.25, 0.3) is 5.91 Å². The zero-order valence-corrected chi connectivity index (χ0v) is 17.5. The van der Waals surface area contributed by atoms with Crippen molar-refractivity contribution in [1.29, 1.82) is 0 Å². The van der Waals surface area contributed by atoms with E-state index in [1.54, 1.807) is 50.5 Å². The first kappa shape index (κ1) is 21.1. The van der Waals surface area contributed by atoms with Crippen molar-refractivity contribution in [3.05, 3.63) is 58.6 Å². The zero-order valence-electron chi connectivity index (χ0n) is 15.1. The van der Waals surface area contributed by atoms with Crippen LogP contribution in [0.15, 0.2) is 57.9 Å². The number of benzene rings is 2. The first-order valence-electron chi connectivity index (χ1n) is 7.95. The standard InChI is InChI=1S/C18H20BrN3O4S/c1-21(2)18(24)13-5-4-6-15(11-13)20-17(23)12-22(3)27(25,26)16-9-7-14(19)8-10-16/h4-11H,12H2,1-3H3,(H,20,23). The lowest BCUT2D eigenvalue weighted by atomic mass is 10.2. The van der Waals surface area contributed by atoms with Gasteiger partial charge in [0, 0.05) is 36.9 Å². The first-order valence-corrected chi connectivity index (χ1v) is 10.2. The molecule has 0 aliphatic rings. The molecule has 9 heteroatoms.